The third-order valence-corrected chi connectivity index (χ3v) is 13.6. The molecule has 28 heavy (non-hydrogen) atoms. The molecule has 0 saturated heterocycles. The molecule has 0 spiro atoms. The molecule has 0 unspecified atom stereocenters. The largest absolute Gasteiger partial charge is 0.139 e. The third kappa shape index (κ3) is 3.66. The number of rotatable bonds is 5. The lowest BCUT2D eigenvalue weighted by Gasteiger charge is -2.27. The molecule has 0 amide bonds. The standard InChI is InChI=1S/C24H20Br2PS/c1-18-23(25)24(26)22(28-18)17-27(19-11-5-2-6-12-19,20-13-7-3-8-14-20)21-15-9-4-10-16-21/h2-16H,17H2,1H3/q+1. The Morgan fingerprint density at radius 2 is 1.04 bits per heavy atom. The summed E-state index contributed by atoms with van der Waals surface area (Å²) in [5.74, 6) is 0. The Balaban J connectivity index is 2.02. The zero-order valence-electron chi connectivity index (χ0n) is 15.5. The average Bonchev–Trinajstić information content (AvgIpc) is 3.00. The average molecular weight is 531 g/mol. The van der Waals surface area contributed by atoms with E-state index in [1.165, 1.54) is 34.6 Å². The van der Waals surface area contributed by atoms with Gasteiger partial charge in [-0.1, -0.05) is 54.6 Å². The minimum atomic E-state index is -1.85. The first-order valence-electron chi connectivity index (χ1n) is 9.11. The van der Waals surface area contributed by atoms with Crippen molar-refractivity contribution < 1.29 is 0 Å². The van der Waals surface area contributed by atoms with Gasteiger partial charge in [0.1, 0.15) is 29.3 Å². The van der Waals surface area contributed by atoms with Crippen LogP contribution in [0.25, 0.3) is 0 Å². The third-order valence-electron chi connectivity index (χ3n) is 4.99. The van der Waals surface area contributed by atoms with Crippen LogP contribution in [0.15, 0.2) is 99.9 Å². The van der Waals surface area contributed by atoms with E-state index in [0.29, 0.717) is 0 Å². The lowest BCUT2D eigenvalue weighted by molar-refractivity contribution is 1.45. The van der Waals surface area contributed by atoms with Gasteiger partial charge in [-0.15, -0.1) is 11.3 Å². The zero-order valence-corrected chi connectivity index (χ0v) is 20.4. The van der Waals surface area contributed by atoms with E-state index in [1.807, 2.05) is 11.3 Å². The van der Waals surface area contributed by atoms with Gasteiger partial charge < -0.3 is 0 Å². The molecule has 0 fully saturated rings. The number of thiophene rings is 1. The highest BCUT2D eigenvalue weighted by atomic mass is 79.9. The van der Waals surface area contributed by atoms with Crippen molar-refractivity contribution in [1.82, 2.24) is 0 Å². The van der Waals surface area contributed by atoms with Crippen molar-refractivity contribution in [3.63, 3.8) is 0 Å². The number of aryl methyl sites for hydroxylation is 1. The summed E-state index contributed by atoms with van der Waals surface area (Å²) in [6, 6.07) is 33.1. The monoisotopic (exact) mass is 529 g/mol. The Morgan fingerprint density at radius 1 is 0.643 bits per heavy atom. The van der Waals surface area contributed by atoms with E-state index in [-0.39, 0.29) is 0 Å². The van der Waals surface area contributed by atoms with E-state index in [2.05, 4.69) is 130 Å². The van der Waals surface area contributed by atoms with Crippen molar-refractivity contribution in [3.05, 3.63) is 110 Å². The summed E-state index contributed by atoms with van der Waals surface area (Å²) in [5.41, 5.74) is 0. The van der Waals surface area contributed by atoms with Crippen molar-refractivity contribution >= 4 is 66.4 Å². The summed E-state index contributed by atoms with van der Waals surface area (Å²) in [4.78, 5) is 2.71. The SMILES string of the molecule is Cc1sc(C[P+](c2ccccc2)(c2ccccc2)c2ccccc2)c(Br)c1Br. The number of benzene rings is 3. The summed E-state index contributed by atoms with van der Waals surface area (Å²) in [5, 5.41) is 4.25. The lowest BCUT2D eigenvalue weighted by Crippen LogP contribution is -2.32. The molecule has 0 radical (unpaired) electrons. The van der Waals surface area contributed by atoms with Crippen LogP contribution in [0.5, 0.6) is 0 Å². The minimum absolute atomic E-state index is 1.00. The van der Waals surface area contributed by atoms with Crippen molar-refractivity contribution in [2.24, 2.45) is 0 Å². The first kappa shape index (κ1) is 20.0. The summed E-state index contributed by atoms with van der Waals surface area (Å²) < 4.78 is 2.38. The summed E-state index contributed by atoms with van der Waals surface area (Å²) >= 11 is 9.49. The van der Waals surface area contributed by atoms with Crippen LogP contribution in [0.3, 0.4) is 0 Å². The van der Waals surface area contributed by atoms with Crippen LogP contribution in [0, 0.1) is 6.92 Å². The molecule has 0 bridgehead atoms. The maximum atomic E-state index is 3.85. The molecular weight excluding hydrogens is 511 g/mol. The van der Waals surface area contributed by atoms with Crippen LogP contribution in [-0.4, -0.2) is 0 Å². The highest BCUT2D eigenvalue weighted by Gasteiger charge is 2.46. The second-order valence-corrected chi connectivity index (χ2v) is 13.1. The van der Waals surface area contributed by atoms with E-state index < -0.39 is 7.26 Å². The van der Waals surface area contributed by atoms with Crippen LogP contribution < -0.4 is 15.9 Å². The molecule has 0 N–H and O–H groups in total. The molecule has 140 valence electrons. The van der Waals surface area contributed by atoms with Gasteiger partial charge in [0, 0.05) is 13.8 Å². The maximum absolute atomic E-state index is 3.85. The van der Waals surface area contributed by atoms with Crippen LogP contribution in [0.2, 0.25) is 0 Å². The summed E-state index contributed by atoms with van der Waals surface area (Å²) in [6.45, 7) is 2.18. The van der Waals surface area contributed by atoms with Crippen LogP contribution in [0.1, 0.15) is 9.75 Å². The van der Waals surface area contributed by atoms with E-state index in [1.54, 1.807) is 0 Å². The second-order valence-electron chi connectivity index (χ2n) is 6.68. The molecule has 0 aliphatic carbocycles. The van der Waals surface area contributed by atoms with Crippen LogP contribution in [-0.2, 0) is 6.16 Å². The van der Waals surface area contributed by atoms with E-state index in [4.69, 9.17) is 0 Å². The molecule has 0 nitrogen and oxygen atoms in total. The van der Waals surface area contributed by atoms with Crippen LogP contribution >= 0.6 is 50.5 Å². The topological polar surface area (TPSA) is 0 Å². The molecule has 0 aliphatic rings. The van der Waals surface area contributed by atoms with Gasteiger partial charge in [0.15, 0.2) is 0 Å². The molecule has 1 aromatic heterocycles. The fourth-order valence-corrected chi connectivity index (χ4v) is 10.9. The molecule has 4 rings (SSSR count). The highest BCUT2D eigenvalue weighted by molar-refractivity contribution is 9.13. The molecule has 1 heterocycles. The predicted octanol–water partition coefficient (Wildman–Crippen LogP) is 7.08. The van der Waals surface area contributed by atoms with Crippen molar-refractivity contribution in [2.45, 2.75) is 13.1 Å². The van der Waals surface area contributed by atoms with Gasteiger partial charge in [0.2, 0.25) is 0 Å². The number of hydrogen-bond acceptors (Lipinski definition) is 1. The van der Waals surface area contributed by atoms with E-state index in [0.717, 1.165) is 6.16 Å². The number of halogens is 2. The molecule has 4 aromatic rings. The fraction of sp³-hybridized carbons (Fsp3) is 0.0833. The highest BCUT2D eigenvalue weighted by Crippen LogP contribution is 2.60. The van der Waals surface area contributed by atoms with Gasteiger partial charge in [0.05, 0.1) is 4.88 Å². The Hall–Kier alpha value is -1.25. The Labute approximate surface area is 188 Å². The van der Waals surface area contributed by atoms with E-state index >= 15 is 0 Å². The Kier molecular flexibility index (Phi) is 6.18. The Bertz CT molecular complexity index is 963. The smallest absolute Gasteiger partial charge is 0.117 e. The maximum Gasteiger partial charge on any atom is 0.117 e. The van der Waals surface area contributed by atoms with E-state index in [9.17, 15) is 0 Å². The molecule has 4 heteroatoms. The summed E-state index contributed by atoms with van der Waals surface area (Å²) in [6.07, 6.45) is 1.00. The molecular formula is C24H20Br2PS+. The van der Waals surface area contributed by atoms with Gasteiger partial charge >= 0.3 is 0 Å². The van der Waals surface area contributed by atoms with Gasteiger partial charge in [-0.25, -0.2) is 0 Å². The van der Waals surface area contributed by atoms with Gasteiger partial charge in [-0.05, 0) is 75.2 Å². The quantitative estimate of drug-likeness (QED) is 0.242. The summed E-state index contributed by atoms with van der Waals surface area (Å²) in [7, 11) is -1.85. The first-order valence-corrected chi connectivity index (χ1v) is 13.5. The first-order chi connectivity index (χ1) is 13.6. The van der Waals surface area contributed by atoms with Crippen molar-refractivity contribution in [2.75, 3.05) is 0 Å². The molecule has 0 atom stereocenters. The fourth-order valence-electron chi connectivity index (χ4n) is 3.64. The zero-order chi connectivity index (χ0) is 19.6. The molecule has 0 saturated carbocycles. The molecule has 3 aromatic carbocycles. The number of hydrogen-bond donors (Lipinski definition) is 0. The lowest BCUT2D eigenvalue weighted by atomic mass is 10.4. The molecule has 0 aliphatic heterocycles. The predicted molar refractivity (Wildman–Crippen MR) is 133 cm³/mol. The van der Waals surface area contributed by atoms with Gasteiger partial charge in [0.25, 0.3) is 0 Å². The minimum Gasteiger partial charge on any atom is -0.139 e. The normalized spacial score (nSPS) is 11.5. The van der Waals surface area contributed by atoms with Crippen molar-refractivity contribution in [1.29, 1.82) is 0 Å². The van der Waals surface area contributed by atoms with Gasteiger partial charge in [-0.3, -0.25) is 0 Å². The van der Waals surface area contributed by atoms with Crippen LogP contribution in [0.4, 0.5) is 0 Å². The van der Waals surface area contributed by atoms with Gasteiger partial charge in [-0.2, -0.15) is 0 Å². The second kappa shape index (κ2) is 8.63. The van der Waals surface area contributed by atoms with Crippen molar-refractivity contribution in [3.8, 4) is 0 Å². The Morgan fingerprint density at radius 3 is 1.36 bits per heavy atom.